The summed E-state index contributed by atoms with van der Waals surface area (Å²) in [6.07, 6.45) is 3.65. The van der Waals surface area contributed by atoms with Gasteiger partial charge in [-0.25, -0.2) is 0 Å². The monoisotopic (exact) mass is 280 g/mol. The summed E-state index contributed by atoms with van der Waals surface area (Å²) in [6, 6.07) is 14.8. The third-order valence-electron chi connectivity index (χ3n) is 3.86. The zero-order chi connectivity index (χ0) is 14.7. The predicted octanol–water partition coefficient (Wildman–Crippen LogP) is 2.34. The second kappa shape index (κ2) is 6.06. The van der Waals surface area contributed by atoms with Crippen molar-refractivity contribution in [3.05, 3.63) is 60.0 Å². The highest BCUT2D eigenvalue weighted by molar-refractivity contribution is 5.81. The Kier molecular flexibility index (Phi) is 3.97. The van der Waals surface area contributed by atoms with Crippen LogP contribution in [-0.2, 0) is 19.9 Å². The molecule has 0 fully saturated rings. The van der Waals surface area contributed by atoms with Crippen LogP contribution in [0.3, 0.4) is 0 Å². The summed E-state index contributed by atoms with van der Waals surface area (Å²) >= 11 is 0. The number of nitrogens with one attached hydrogen (secondary N) is 1. The van der Waals surface area contributed by atoms with Gasteiger partial charge in [0.15, 0.2) is 0 Å². The van der Waals surface area contributed by atoms with Gasteiger partial charge in [-0.2, -0.15) is 5.10 Å². The zero-order valence-corrected chi connectivity index (χ0v) is 12.5. The molecule has 3 aromatic rings. The van der Waals surface area contributed by atoms with Crippen LogP contribution in [0.1, 0.15) is 11.4 Å². The molecule has 0 bridgehead atoms. The summed E-state index contributed by atoms with van der Waals surface area (Å²) in [4.78, 5) is 4.41. The van der Waals surface area contributed by atoms with Crippen molar-refractivity contribution >= 4 is 10.9 Å². The molecule has 2 heterocycles. The molecule has 0 spiro atoms. The largest absolute Gasteiger partial charge is 0.316 e. The Morgan fingerprint density at radius 2 is 1.90 bits per heavy atom. The van der Waals surface area contributed by atoms with E-state index in [9.17, 15) is 0 Å². The van der Waals surface area contributed by atoms with E-state index in [4.69, 9.17) is 0 Å². The number of aryl methyl sites for hydroxylation is 1. The molecule has 4 heteroatoms. The minimum Gasteiger partial charge on any atom is -0.316 e. The topological polar surface area (TPSA) is 42.7 Å². The molecule has 108 valence electrons. The van der Waals surface area contributed by atoms with Gasteiger partial charge >= 0.3 is 0 Å². The van der Waals surface area contributed by atoms with E-state index in [-0.39, 0.29) is 0 Å². The van der Waals surface area contributed by atoms with Crippen LogP contribution >= 0.6 is 0 Å². The molecule has 21 heavy (non-hydrogen) atoms. The van der Waals surface area contributed by atoms with E-state index in [0.29, 0.717) is 6.04 Å². The van der Waals surface area contributed by atoms with Crippen LogP contribution in [0.2, 0.25) is 0 Å². The Hall–Kier alpha value is -2.20. The van der Waals surface area contributed by atoms with Crippen molar-refractivity contribution in [2.45, 2.75) is 18.9 Å². The van der Waals surface area contributed by atoms with Crippen LogP contribution in [-0.4, -0.2) is 27.9 Å². The minimum atomic E-state index is 0.332. The molecule has 1 unspecified atom stereocenters. The highest BCUT2D eigenvalue weighted by atomic mass is 15.3. The molecular formula is C17H20N4. The highest BCUT2D eigenvalue weighted by Gasteiger charge is 2.14. The van der Waals surface area contributed by atoms with Crippen molar-refractivity contribution in [1.82, 2.24) is 20.1 Å². The van der Waals surface area contributed by atoms with Gasteiger partial charge in [-0.1, -0.05) is 24.3 Å². The summed E-state index contributed by atoms with van der Waals surface area (Å²) in [5, 5.41) is 9.30. The Balaban J connectivity index is 1.83. The van der Waals surface area contributed by atoms with Gasteiger partial charge in [0.25, 0.3) is 0 Å². The van der Waals surface area contributed by atoms with Crippen molar-refractivity contribution < 1.29 is 0 Å². The quantitative estimate of drug-likeness (QED) is 0.780. The molecule has 0 radical (unpaired) electrons. The molecule has 0 aliphatic rings. The molecule has 0 amide bonds. The number of hydrogen-bond donors (Lipinski definition) is 1. The first-order valence-electron chi connectivity index (χ1n) is 7.25. The third kappa shape index (κ3) is 2.95. The number of pyridine rings is 1. The summed E-state index contributed by atoms with van der Waals surface area (Å²) < 4.78 is 1.96. The molecule has 0 saturated carbocycles. The van der Waals surface area contributed by atoms with Crippen LogP contribution in [0.25, 0.3) is 10.9 Å². The van der Waals surface area contributed by atoms with Gasteiger partial charge in [-0.15, -0.1) is 0 Å². The molecule has 0 aliphatic carbocycles. The number of benzene rings is 1. The third-order valence-corrected chi connectivity index (χ3v) is 3.86. The first-order chi connectivity index (χ1) is 10.3. The highest BCUT2D eigenvalue weighted by Crippen LogP contribution is 2.19. The van der Waals surface area contributed by atoms with E-state index in [1.54, 1.807) is 0 Å². The summed E-state index contributed by atoms with van der Waals surface area (Å²) in [7, 11) is 4.00. The first kappa shape index (κ1) is 13.8. The molecule has 2 aromatic heterocycles. The smallest absolute Gasteiger partial charge is 0.0718 e. The minimum absolute atomic E-state index is 0.332. The maximum atomic E-state index is 4.68. The molecule has 0 aliphatic heterocycles. The van der Waals surface area contributed by atoms with Gasteiger partial charge < -0.3 is 5.32 Å². The molecule has 3 rings (SSSR count). The number of likely N-dealkylation sites (N-methyl/N-ethyl adjacent to an activating group) is 1. The van der Waals surface area contributed by atoms with E-state index >= 15 is 0 Å². The lowest BCUT2D eigenvalue weighted by Crippen LogP contribution is -2.30. The maximum Gasteiger partial charge on any atom is 0.0718 e. The predicted molar refractivity (Wildman–Crippen MR) is 85.2 cm³/mol. The van der Waals surface area contributed by atoms with Crippen molar-refractivity contribution in [2.75, 3.05) is 7.05 Å². The normalized spacial score (nSPS) is 12.7. The lowest BCUT2D eigenvalue weighted by molar-refractivity contribution is 0.541. The molecular weight excluding hydrogens is 260 g/mol. The molecule has 4 nitrogen and oxygen atoms in total. The maximum absolute atomic E-state index is 4.68. The van der Waals surface area contributed by atoms with Crippen molar-refractivity contribution in [1.29, 1.82) is 0 Å². The van der Waals surface area contributed by atoms with Gasteiger partial charge in [0.05, 0.1) is 11.2 Å². The first-order valence-corrected chi connectivity index (χ1v) is 7.25. The van der Waals surface area contributed by atoms with Crippen LogP contribution in [0.5, 0.6) is 0 Å². The van der Waals surface area contributed by atoms with E-state index < -0.39 is 0 Å². The van der Waals surface area contributed by atoms with E-state index in [1.165, 1.54) is 10.9 Å². The second-order valence-electron chi connectivity index (χ2n) is 5.30. The van der Waals surface area contributed by atoms with Gasteiger partial charge in [0.2, 0.25) is 0 Å². The fraction of sp³-hybridized carbons (Fsp3) is 0.294. The van der Waals surface area contributed by atoms with Crippen molar-refractivity contribution in [3.63, 3.8) is 0 Å². The Morgan fingerprint density at radius 1 is 1.10 bits per heavy atom. The standard InChI is InChI=1S/C17H20N4/c1-18-14(11-13-7-5-6-10-19-13)12-16-15-8-3-4-9-17(15)21(2)20-16/h3-10,14,18H,11-12H2,1-2H3. The van der Waals surface area contributed by atoms with Crippen molar-refractivity contribution in [2.24, 2.45) is 7.05 Å². The number of para-hydroxylation sites is 1. The van der Waals surface area contributed by atoms with Gasteiger partial charge in [-0.3, -0.25) is 9.67 Å². The van der Waals surface area contributed by atoms with E-state index in [1.807, 2.05) is 37.1 Å². The Bertz CT molecular complexity index is 718. The molecule has 1 aromatic carbocycles. The van der Waals surface area contributed by atoms with Gasteiger partial charge in [-0.05, 0) is 25.2 Å². The number of fused-ring (bicyclic) bond motifs is 1. The molecule has 0 saturated heterocycles. The average molecular weight is 280 g/mol. The van der Waals surface area contributed by atoms with Crippen LogP contribution < -0.4 is 5.32 Å². The average Bonchev–Trinajstić information content (AvgIpc) is 2.84. The van der Waals surface area contributed by atoms with Crippen LogP contribution in [0.15, 0.2) is 48.7 Å². The summed E-state index contributed by atoms with van der Waals surface area (Å²) in [6.45, 7) is 0. The van der Waals surface area contributed by atoms with E-state index in [0.717, 1.165) is 24.2 Å². The lowest BCUT2D eigenvalue weighted by Gasteiger charge is -2.14. The fourth-order valence-corrected chi connectivity index (χ4v) is 2.72. The Labute approximate surface area is 124 Å². The SMILES string of the molecule is CNC(Cc1ccccn1)Cc1nn(C)c2ccccc12. The summed E-state index contributed by atoms with van der Waals surface area (Å²) in [5.74, 6) is 0. The fourth-order valence-electron chi connectivity index (χ4n) is 2.72. The van der Waals surface area contributed by atoms with Crippen LogP contribution in [0, 0.1) is 0 Å². The number of nitrogens with zero attached hydrogens (tertiary/aromatic N) is 3. The van der Waals surface area contributed by atoms with Gasteiger partial charge in [0.1, 0.15) is 0 Å². The number of rotatable bonds is 5. The zero-order valence-electron chi connectivity index (χ0n) is 12.5. The van der Waals surface area contributed by atoms with Crippen molar-refractivity contribution in [3.8, 4) is 0 Å². The lowest BCUT2D eigenvalue weighted by atomic mass is 10.0. The van der Waals surface area contributed by atoms with Crippen LogP contribution in [0.4, 0.5) is 0 Å². The number of aromatic nitrogens is 3. The second-order valence-corrected chi connectivity index (χ2v) is 5.30. The molecule has 1 N–H and O–H groups in total. The summed E-state index contributed by atoms with van der Waals surface area (Å²) in [5.41, 5.74) is 3.43. The van der Waals surface area contributed by atoms with E-state index in [2.05, 4.69) is 45.7 Å². The Morgan fingerprint density at radius 3 is 2.67 bits per heavy atom. The number of hydrogen-bond acceptors (Lipinski definition) is 3. The molecule has 1 atom stereocenters. The van der Waals surface area contributed by atoms with Gasteiger partial charge in [0, 0.05) is 43.2 Å².